The van der Waals surface area contributed by atoms with Crippen LogP contribution in [0.4, 0.5) is 4.39 Å². The molecule has 4 rings (SSSR count). The smallest absolute Gasteiger partial charge is 0.329 e. The van der Waals surface area contributed by atoms with Crippen LogP contribution in [0, 0.1) is 17.7 Å². The van der Waals surface area contributed by atoms with Gasteiger partial charge in [-0.1, -0.05) is 42.5 Å². The fourth-order valence-electron chi connectivity index (χ4n) is 4.65. The van der Waals surface area contributed by atoms with E-state index in [-0.39, 0.29) is 29.4 Å². The lowest BCUT2D eigenvalue weighted by Gasteiger charge is -2.28. The van der Waals surface area contributed by atoms with Gasteiger partial charge in [0.1, 0.15) is 6.61 Å². The van der Waals surface area contributed by atoms with Crippen LogP contribution in [0.1, 0.15) is 25.7 Å². The number of ether oxygens (including phenoxy) is 2. The van der Waals surface area contributed by atoms with E-state index in [0.717, 1.165) is 31.2 Å². The first-order valence-corrected chi connectivity index (χ1v) is 11.8. The molecule has 35 heavy (non-hydrogen) atoms. The minimum absolute atomic E-state index is 0.106. The molecule has 8 heteroatoms. The van der Waals surface area contributed by atoms with Crippen molar-refractivity contribution in [3.63, 3.8) is 0 Å². The Hall–Kier alpha value is -3.52. The van der Waals surface area contributed by atoms with Crippen molar-refractivity contribution in [2.45, 2.75) is 32.2 Å². The van der Waals surface area contributed by atoms with Gasteiger partial charge in [0.25, 0.3) is 5.56 Å². The summed E-state index contributed by atoms with van der Waals surface area (Å²) in [4.78, 5) is 23.7. The lowest BCUT2D eigenvalue weighted by atomic mass is 9.82. The average molecular weight is 481 g/mol. The van der Waals surface area contributed by atoms with Crippen molar-refractivity contribution in [2.75, 3.05) is 20.3 Å². The maximum Gasteiger partial charge on any atom is 0.329 e. The van der Waals surface area contributed by atoms with Crippen molar-refractivity contribution in [1.29, 1.82) is 0 Å². The molecule has 0 bridgehead atoms. The fraction of sp³-hybridized carbons (Fsp3) is 0.370. The van der Waals surface area contributed by atoms with E-state index >= 15 is 4.39 Å². The van der Waals surface area contributed by atoms with Gasteiger partial charge in [-0.2, -0.15) is 5.10 Å². The van der Waals surface area contributed by atoms with E-state index in [2.05, 4.69) is 0 Å². The van der Waals surface area contributed by atoms with Gasteiger partial charge in [-0.3, -0.25) is 4.79 Å². The number of aromatic nitrogens is 2. The third-order valence-corrected chi connectivity index (χ3v) is 6.50. The monoisotopic (exact) mass is 480 g/mol. The van der Waals surface area contributed by atoms with E-state index in [1.165, 1.54) is 17.9 Å². The Kier molecular flexibility index (Phi) is 7.92. The molecule has 1 fully saturated rings. The Bertz CT molecular complexity index is 1220. The van der Waals surface area contributed by atoms with Crippen LogP contribution in [0.15, 0.2) is 59.4 Å². The zero-order chi connectivity index (χ0) is 24.8. The number of carboxylic acid groups (broad SMARTS) is 1. The number of carbonyl (C=O) groups is 1. The van der Waals surface area contributed by atoms with Gasteiger partial charge in [-0.05, 0) is 43.6 Å². The molecule has 7 nitrogen and oxygen atoms in total. The number of hydrogen-bond acceptors (Lipinski definition) is 5. The van der Waals surface area contributed by atoms with Crippen molar-refractivity contribution < 1.29 is 23.8 Å². The van der Waals surface area contributed by atoms with Gasteiger partial charge in [0.15, 0.2) is 11.6 Å². The Morgan fingerprint density at radius 2 is 1.77 bits per heavy atom. The standard InChI is InChI=1S/C27H29FN2O5/c1-34-23-9-5-8-21(26(23)28)22-14-24(31)30(29-27(22)20-6-3-2-4-7-20)15-18-10-12-19(13-11-18)16-35-17-25(32)33/h2-9,14,18-19H,10-13,15-17H2,1H3,(H,32,33)/t18-,19-. The van der Waals surface area contributed by atoms with E-state index in [0.29, 0.717) is 30.3 Å². The van der Waals surface area contributed by atoms with Crippen LogP contribution in [-0.4, -0.2) is 41.2 Å². The highest BCUT2D eigenvalue weighted by atomic mass is 19.1. The molecule has 1 aromatic heterocycles. The van der Waals surface area contributed by atoms with E-state index in [4.69, 9.17) is 19.7 Å². The quantitative estimate of drug-likeness (QED) is 0.480. The molecule has 1 aliphatic rings. The molecule has 1 saturated carbocycles. The summed E-state index contributed by atoms with van der Waals surface area (Å²) >= 11 is 0. The van der Waals surface area contributed by atoms with Crippen molar-refractivity contribution >= 4 is 5.97 Å². The Labute approximate surface area is 203 Å². The van der Waals surface area contributed by atoms with Crippen LogP contribution >= 0.6 is 0 Å². The highest BCUT2D eigenvalue weighted by molar-refractivity contribution is 5.81. The van der Waals surface area contributed by atoms with Gasteiger partial charge < -0.3 is 14.6 Å². The molecular formula is C27H29FN2O5. The van der Waals surface area contributed by atoms with Gasteiger partial charge in [0.05, 0.1) is 19.4 Å². The Balaban J connectivity index is 1.59. The summed E-state index contributed by atoms with van der Waals surface area (Å²) in [7, 11) is 1.41. The predicted molar refractivity (Wildman–Crippen MR) is 130 cm³/mol. The van der Waals surface area contributed by atoms with E-state index in [1.807, 2.05) is 30.3 Å². The van der Waals surface area contributed by atoms with E-state index < -0.39 is 11.8 Å². The molecule has 0 radical (unpaired) electrons. The molecule has 2 aromatic carbocycles. The number of benzene rings is 2. The molecule has 0 atom stereocenters. The van der Waals surface area contributed by atoms with Crippen molar-refractivity contribution in [2.24, 2.45) is 11.8 Å². The summed E-state index contributed by atoms with van der Waals surface area (Å²) in [6.07, 6.45) is 3.64. The molecule has 1 heterocycles. The summed E-state index contributed by atoms with van der Waals surface area (Å²) in [5.41, 5.74) is 1.73. The third-order valence-electron chi connectivity index (χ3n) is 6.50. The molecular weight excluding hydrogens is 451 g/mol. The normalized spacial score (nSPS) is 17.8. The van der Waals surface area contributed by atoms with Gasteiger partial charge in [0, 0.05) is 29.3 Å². The van der Waals surface area contributed by atoms with Gasteiger partial charge >= 0.3 is 5.97 Å². The van der Waals surface area contributed by atoms with Crippen molar-refractivity contribution in [3.05, 3.63) is 70.8 Å². The topological polar surface area (TPSA) is 90.7 Å². The van der Waals surface area contributed by atoms with Gasteiger partial charge in [-0.25, -0.2) is 13.9 Å². The first kappa shape index (κ1) is 24.6. The molecule has 0 saturated heterocycles. The first-order valence-electron chi connectivity index (χ1n) is 11.8. The summed E-state index contributed by atoms with van der Waals surface area (Å²) in [6, 6.07) is 15.7. The summed E-state index contributed by atoms with van der Waals surface area (Å²) in [5.74, 6) is -0.785. The summed E-state index contributed by atoms with van der Waals surface area (Å²) in [6.45, 7) is 0.639. The maximum absolute atomic E-state index is 15.1. The second kappa shape index (κ2) is 11.3. The second-order valence-electron chi connectivity index (χ2n) is 8.91. The lowest BCUT2D eigenvalue weighted by Crippen LogP contribution is -2.29. The zero-order valence-corrected chi connectivity index (χ0v) is 19.7. The second-order valence-corrected chi connectivity index (χ2v) is 8.91. The molecule has 184 valence electrons. The number of hydrogen-bond donors (Lipinski definition) is 1. The number of rotatable bonds is 9. The third kappa shape index (κ3) is 5.95. The fourth-order valence-corrected chi connectivity index (χ4v) is 4.65. The number of halogens is 1. The largest absolute Gasteiger partial charge is 0.494 e. The molecule has 0 aliphatic heterocycles. The Morgan fingerprint density at radius 3 is 2.46 bits per heavy atom. The number of methoxy groups -OCH3 is 1. The number of nitrogens with zero attached hydrogens (tertiary/aromatic N) is 2. The maximum atomic E-state index is 15.1. The molecule has 1 aliphatic carbocycles. The molecule has 1 N–H and O–H groups in total. The average Bonchev–Trinajstić information content (AvgIpc) is 2.86. The predicted octanol–water partition coefficient (Wildman–Crippen LogP) is 4.63. The lowest BCUT2D eigenvalue weighted by molar-refractivity contribution is -0.142. The minimum atomic E-state index is -0.962. The number of aliphatic carboxylic acids is 1. The molecule has 0 amide bonds. The number of carboxylic acids is 1. The molecule has 3 aromatic rings. The SMILES string of the molecule is COc1cccc(-c2cc(=O)n(C[C@H]3CC[C@H](COCC(=O)O)CC3)nc2-c2ccccc2)c1F. The van der Waals surface area contributed by atoms with Gasteiger partial charge in [-0.15, -0.1) is 0 Å². The Morgan fingerprint density at radius 1 is 1.06 bits per heavy atom. The van der Waals surface area contributed by atoms with Gasteiger partial charge in [0.2, 0.25) is 0 Å². The van der Waals surface area contributed by atoms with Crippen LogP contribution < -0.4 is 10.3 Å². The van der Waals surface area contributed by atoms with Crippen LogP contribution in [-0.2, 0) is 16.1 Å². The molecule has 0 spiro atoms. The van der Waals surface area contributed by atoms with Crippen LogP contribution in [0.25, 0.3) is 22.4 Å². The first-order chi connectivity index (χ1) is 17.0. The minimum Gasteiger partial charge on any atom is -0.494 e. The van der Waals surface area contributed by atoms with E-state index in [1.54, 1.807) is 18.2 Å². The van der Waals surface area contributed by atoms with Crippen LogP contribution in [0.5, 0.6) is 5.75 Å². The highest BCUT2D eigenvalue weighted by Crippen LogP contribution is 2.35. The van der Waals surface area contributed by atoms with Crippen molar-refractivity contribution in [1.82, 2.24) is 9.78 Å². The molecule has 0 unspecified atom stereocenters. The van der Waals surface area contributed by atoms with E-state index in [9.17, 15) is 9.59 Å². The highest BCUT2D eigenvalue weighted by Gasteiger charge is 2.24. The summed E-state index contributed by atoms with van der Waals surface area (Å²) < 4.78 is 27.0. The zero-order valence-electron chi connectivity index (χ0n) is 19.7. The van der Waals surface area contributed by atoms with Crippen LogP contribution in [0.2, 0.25) is 0 Å². The van der Waals surface area contributed by atoms with Crippen LogP contribution in [0.3, 0.4) is 0 Å². The van der Waals surface area contributed by atoms with Crippen molar-refractivity contribution in [3.8, 4) is 28.1 Å². The summed E-state index contributed by atoms with van der Waals surface area (Å²) in [5, 5.41) is 13.4.